The maximum absolute atomic E-state index is 5.95. The highest BCUT2D eigenvalue weighted by atomic mass is 79.9. The zero-order valence-electron chi connectivity index (χ0n) is 11.2. The van der Waals surface area contributed by atoms with Gasteiger partial charge in [-0.25, -0.2) is 0 Å². The van der Waals surface area contributed by atoms with Crippen molar-refractivity contribution in [3.8, 4) is 0 Å². The fourth-order valence-corrected chi connectivity index (χ4v) is 3.12. The zero-order valence-corrected chi connectivity index (χ0v) is 12.7. The van der Waals surface area contributed by atoms with E-state index in [9.17, 15) is 0 Å². The fourth-order valence-electron chi connectivity index (χ4n) is 2.87. The lowest BCUT2D eigenvalue weighted by Crippen LogP contribution is -2.36. The van der Waals surface area contributed by atoms with Crippen LogP contribution in [-0.4, -0.2) is 17.5 Å². The Bertz CT molecular complexity index is 386. The van der Waals surface area contributed by atoms with Crippen LogP contribution in [0, 0.1) is 0 Å². The van der Waals surface area contributed by atoms with Gasteiger partial charge in [0.1, 0.15) is 0 Å². The van der Waals surface area contributed by atoms with Crippen LogP contribution in [0.15, 0.2) is 22.7 Å². The third kappa shape index (κ3) is 3.48. The number of rotatable bonds is 4. The molecule has 2 nitrogen and oxygen atoms in total. The van der Waals surface area contributed by atoms with Gasteiger partial charge in [0, 0.05) is 22.7 Å². The quantitative estimate of drug-likeness (QED) is 0.845. The average molecular weight is 311 g/mol. The molecule has 1 fully saturated rings. The number of halogens is 1. The smallest absolute Gasteiger partial charge is 0.0461 e. The van der Waals surface area contributed by atoms with Gasteiger partial charge in [-0.05, 0) is 53.0 Å². The molecule has 1 aromatic rings. The van der Waals surface area contributed by atoms with Crippen LogP contribution in [0.4, 0.5) is 5.69 Å². The second-order valence-corrected chi connectivity index (χ2v) is 6.07. The Morgan fingerprint density at radius 1 is 1.28 bits per heavy atom. The van der Waals surface area contributed by atoms with Crippen LogP contribution in [0.2, 0.25) is 0 Å². The summed E-state index contributed by atoms with van der Waals surface area (Å²) in [5.74, 6) is 0. The summed E-state index contributed by atoms with van der Waals surface area (Å²) in [6.07, 6.45) is 6.92. The van der Waals surface area contributed by atoms with Gasteiger partial charge in [-0.1, -0.05) is 32.3 Å². The van der Waals surface area contributed by atoms with Gasteiger partial charge in [-0.2, -0.15) is 0 Å². The van der Waals surface area contributed by atoms with Crippen molar-refractivity contribution in [3.05, 3.63) is 28.2 Å². The Balaban J connectivity index is 2.02. The van der Waals surface area contributed by atoms with E-state index in [1.165, 1.54) is 37.7 Å². The molecule has 0 heterocycles. The maximum atomic E-state index is 5.95. The Kier molecular flexibility index (Phi) is 5.07. The highest BCUT2D eigenvalue weighted by Gasteiger charge is 2.19. The van der Waals surface area contributed by atoms with Crippen molar-refractivity contribution in [2.45, 2.75) is 51.6 Å². The predicted molar refractivity (Wildman–Crippen MR) is 81.5 cm³/mol. The molecule has 0 amide bonds. The first-order valence-corrected chi connectivity index (χ1v) is 7.78. The molecule has 1 aliphatic carbocycles. The molecule has 0 bridgehead atoms. The molecule has 1 aromatic carbocycles. The third-order valence-electron chi connectivity index (χ3n) is 3.94. The fraction of sp³-hybridized carbons (Fsp3) is 0.600. The Labute approximate surface area is 119 Å². The largest absolute Gasteiger partial charge is 0.398 e. The van der Waals surface area contributed by atoms with Crippen LogP contribution >= 0.6 is 15.9 Å². The van der Waals surface area contributed by atoms with Gasteiger partial charge in [0.05, 0.1) is 0 Å². The number of benzene rings is 1. The monoisotopic (exact) mass is 310 g/mol. The van der Waals surface area contributed by atoms with E-state index >= 15 is 0 Å². The van der Waals surface area contributed by atoms with Crippen molar-refractivity contribution in [3.63, 3.8) is 0 Å². The van der Waals surface area contributed by atoms with Gasteiger partial charge >= 0.3 is 0 Å². The second kappa shape index (κ2) is 6.58. The van der Waals surface area contributed by atoms with Crippen molar-refractivity contribution in [2.75, 3.05) is 12.3 Å². The topological polar surface area (TPSA) is 29.3 Å². The normalized spacial score (nSPS) is 17.3. The maximum Gasteiger partial charge on any atom is 0.0461 e. The van der Waals surface area contributed by atoms with E-state index < -0.39 is 0 Å². The van der Waals surface area contributed by atoms with Crippen LogP contribution in [0.5, 0.6) is 0 Å². The second-order valence-electron chi connectivity index (χ2n) is 5.21. The average Bonchev–Trinajstić information content (AvgIpc) is 2.41. The van der Waals surface area contributed by atoms with Crippen LogP contribution in [0.1, 0.15) is 44.6 Å². The van der Waals surface area contributed by atoms with Gasteiger partial charge in [0.15, 0.2) is 0 Å². The minimum Gasteiger partial charge on any atom is -0.398 e. The number of nitrogen functional groups attached to an aromatic ring is 1. The molecule has 0 aliphatic heterocycles. The van der Waals surface area contributed by atoms with E-state index in [4.69, 9.17) is 5.73 Å². The molecule has 3 heteroatoms. The van der Waals surface area contributed by atoms with E-state index in [2.05, 4.69) is 46.0 Å². The molecule has 1 saturated carbocycles. The Morgan fingerprint density at radius 3 is 2.61 bits per heavy atom. The number of hydrogen-bond acceptors (Lipinski definition) is 2. The molecule has 0 unspecified atom stereocenters. The first kappa shape index (κ1) is 13.9. The minimum atomic E-state index is 0.772. The Morgan fingerprint density at radius 2 is 2.00 bits per heavy atom. The van der Waals surface area contributed by atoms with Crippen molar-refractivity contribution in [1.82, 2.24) is 4.90 Å². The van der Waals surface area contributed by atoms with E-state index in [1.807, 2.05) is 0 Å². The summed E-state index contributed by atoms with van der Waals surface area (Å²) in [5, 5.41) is 0. The van der Waals surface area contributed by atoms with Gasteiger partial charge in [-0.15, -0.1) is 0 Å². The molecule has 1 aliphatic rings. The molecule has 100 valence electrons. The summed E-state index contributed by atoms with van der Waals surface area (Å²) in [6, 6.07) is 7.09. The number of anilines is 1. The van der Waals surface area contributed by atoms with Crippen molar-refractivity contribution in [1.29, 1.82) is 0 Å². The number of nitrogens with two attached hydrogens (primary N) is 1. The van der Waals surface area contributed by atoms with E-state index in [0.717, 1.165) is 29.3 Å². The number of hydrogen-bond donors (Lipinski definition) is 1. The first-order chi connectivity index (χ1) is 8.70. The summed E-state index contributed by atoms with van der Waals surface area (Å²) in [5.41, 5.74) is 8.11. The SMILES string of the molecule is CCN(Cc1ccc(Br)c(N)c1)C1CCCCC1. The van der Waals surface area contributed by atoms with Crippen molar-refractivity contribution in [2.24, 2.45) is 0 Å². The van der Waals surface area contributed by atoms with E-state index in [-0.39, 0.29) is 0 Å². The van der Waals surface area contributed by atoms with Crippen LogP contribution in [-0.2, 0) is 6.54 Å². The van der Waals surface area contributed by atoms with Gasteiger partial charge < -0.3 is 5.73 Å². The first-order valence-electron chi connectivity index (χ1n) is 6.98. The highest BCUT2D eigenvalue weighted by molar-refractivity contribution is 9.10. The van der Waals surface area contributed by atoms with Crippen LogP contribution < -0.4 is 5.73 Å². The molecular weight excluding hydrogens is 288 g/mol. The molecule has 2 N–H and O–H groups in total. The summed E-state index contributed by atoms with van der Waals surface area (Å²) in [4.78, 5) is 2.60. The van der Waals surface area contributed by atoms with Crippen LogP contribution in [0.25, 0.3) is 0 Å². The lowest BCUT2D eigenvalue weighted by molar-refractivity contribution is 0.156. The van der Waals surface area contributed by atoms with Gasteiger partial charge in [0.25, 0.3) is 0 Å². The van der Waals surface area contributed by atoms with Crippen molar-refractivity contribution >= 4 is 21.6 Å². The van der Waals surface area contributed by atoms with Crippen LogP contribution in [0.3, 0.4) is 0 Å². The molecule has 0 spiro atoms. The zero-order chi connectivity index (χ0) is 13.0. The lowest BCUT2D eigenvalue weighted by atomic mass is 9.94. The summed E-state index contributed by atoms with van der Waals surface area (Å²) in [6.45, 7) is 4.41. The molecule has 0 atom stereocenters. The van der Waals surface area contributed by atoms with E-state index in [0.29, 0.717) is 0 Å². The molecule has 0 aromatic heterocycles. The van der Waals surface area contributed by atoms with Gasteiger partial charge in [0.2, 0.25) is 0 Å². The Hall–Kier alpha value is -0.540. The van der Waals surface area contributed by atoms with Gasteiger partial charge in [-0.3, -0.25) is 4.90 Å². The third-order valence-corrected chi connectivity index (χ3v) is 4.67. The van der Waals surface area contributed by atoms with Crippen molar-refractivity contribution < 1.29 is 0 Å². The molecular formula is C15H23BrN2. The van der Waals surface area contributed by atoms with E-state index in [1.54, 1.807) is 0 Å². The summed E-state index contributed by atoms with van der Waals surface area (Å²) < 4.78 is 0.993. The predicted octanol–water partition coefficient (Wildman–Crippen LogP) is 4.19. The standard InChI is InChI=1S/C15H23BrN2/c1-2-18(13-6-4-3-5-7-13)11-12-8-9-14(16)15(17)10-12/h8-10,13H,2-7,11,17H2,1H3. The molecule has 0 saturated heterocycles. The number of nitrogens with zero attached hydrogens (tertiary/aromatic N) is 1. The summed E-state index contributed by atoms with van der Waals surface area (Å²) in [7, 11) is 0. The minimum absolute atomic E-state index is 0.772. The summed E-state index contributed by atoms with van der Waals surface area (Å²) >= 11 is 3.45. The molecule has 2 rings (SSSR count). The lowest BCUT2D eigenvalue weighted by Gasteiger charge is -2.33. The highest BCUT2D eigenvalue weighted by Crippen LogP contribution is 2.25. The molecule has 18 heavy (non-hydrogen) atoms. The molecule has 0 radical (unpaired) electrons.